The number of hydrogen-bond acceptors (Lipinski definition) is 5. The van der Waals surface area contributed by atoms with Crippen LogP contribution < -0.4 is 5.32 Å². The van der Waals surface area contributed by atoms with Crippen molar-refractivity contribution in [1.29, 1.82) is 0 Å². The molecule has 0 fully saturated rings. The molecule has 1 aromatic rings. The topological polar surface area (TPSA) is 84.9 Å². The molecule has 2 amide bonds. The summed E-state index contributed by atoms with van der Waals surface area (Å²) in [5.41, 5.74) is 1.16. The standard InChI is InChI=1S/C18H29N2O5P/c1-6-20(7-2)18(22)17(26(23,24-8-3)25-9-4)19-16(21)15-13-11-10-12-14(15)5/h10-13,17H,6-9H2,1-5H3,(H,19,21)/t17-/m1/s1. The van der Waals surface area contributed by atoms with Crippen molar-refractivity contribution in [2.45, 2.75) is 40.4 Å². The molecular formula is C18H29N2O5P. The molecule has 0 aliphatic rings. The highest BCUT2D eigenvalue weighted by molar-refractivity contribution is 7.55. The van der Waals surface area contributed by atoms with Crippen LogP contribution in [0.1, 0.15) is 43.6 Å². The predicted molar refractivity (Wildman–Crippen MR) is 101 cm³/mol. The number of aryl methyl sites for hydroxylation is 1. The molecule has 0 spiro atoms. The zero-order chi connectivity index (χ0) is 19.7. The molecule has 26 heavy (non-hydrogen) atoms. The Balaban J connectivity index is 3.26. The summed E-state index contributed by atoms with van der Waals surface area (Å²) in [5, 5.41) is 2.59. The van der Waals surface area contributed by atoms with Gasteiger partial charge < -0.3 is 19.3 Å². The van der Waals surface area contributed by atoms with E-state index < -0.39 is 25.2 Å². The van der Waals surface area contributed by atoms with Crippen LogP contribution in [0.5, 0.6) is 0 Å². The molecule has 0 bridgehead atoms. The third kappa shape index (κ3) is 5.40. The van der Waals surface area contributed by atoms with Crippen LogP contribution in [0.4, 0.5) is 0 Å². The zero-order valence-electron chi connectivity index (χ0n) is 16.2. The van der Waals surface area contributed by atoms with Gasteiger partial charge in [0.25, 0.3) is 11.8 Å². The summed E-state index contributed by atoms with van der Waals surface area (Å²) in [7, 11) is -3.88. The maximum absolute atomic E-state index is 13.2. The van der Waals surface area contributed by atoms with Gasteiger partial charge in [0.05, 0.1) is 13.2 Å². The first-order valence-electron chi connectivity index (χ1n) is 8.88. The summed E-state index contributed by atoms with van der Waals surface area (Å²) in [6, 6.07) is 6.99. The van der Waals surface area contributed by atoms with Crippen molar-refractivity contribution in [3.8, 4) is 0 Å². The number of carbonyl (C=O) groups is 2. The number of hydrogen-bond donors (Lipinski definition) is 1. The van der Waals surface area contributed by atoms with E-state index >= 15 is 0 Å². The molecule has 146 valence electrons. The summed E-state index contributed by atoms with van der Waals surface area (Å²) >= 11 is 0. The summed E-state index contributed by atoms with van der Waals surface area (Å²) in [6.07, 6.45) is 0. The average molecular weight is 384 g/mol. The summed E-state index contributed by atoms with van der Waals surface area (Å²) in [5.74, 6) is -2.37. The third-order valence-electron chi connectivity index (χ3n) is 3.90. The molecule has 1 rings (SSSR count). The normalized spacial score (nSPS) is 12.5. The van der Waals surface area contributed by atoms with Gasteiger partial charge in [-0.25, -0.2) is 0 Å². The lowest BCUT2D eigenvalue weighted by molar-refractivity contribution is -0.131. The number of likely N-dealkylation sites (N-methyl/N-ethyl adjacent to an activating group) is 1. The van der Waals surface area contributed by atoms with Crippen molar-refractivity contribution in [3.05, 3.63) is 35.4 Å². The molecule has 1 N–H and O–H groups in total. The van der Waals surface area contributed by atoms with Crippen molar-refractivity contribution in [2.24, 2.45) is 0 Å². The van der Waals surface area contributed by atoms with Crippen LogP contribution in [0, 0.1) is 6.92 Å². The van der Waals surface area contributed by atoms with E-state index in [-0.39, 0.29) is 13.2 Å². The minimum atomic E-state index is -3.88. The number of carbonyl (C=O) groups excluding carboxylic acids is 2. The Morgan fingerprint density at radius 2 is 1.62 bits per heavy atom. The van der Waals surface area contributed by atoms with Crippen molar-refractivity contribution >= 4 is 19.4 Å². The minimum absolute atomic E-state index is 0.0968. The van der Waals surface area contributed by atoms with Gasteiger partial charge in [0.2, 0.25) is 5.78 Å². The van der Waals surface area contributed by atoms with E-state index in [0.717, 1.165) is 5.56 Å². The second-order valence-electron chi connectivity index (χ2n) is 5.58. The van der Waals surface area contributed by atoms with Gasteiger partial charge in [-0.3, -0.25) is 14.2 Å². The Hall–Kier alpha value is -1.69. The maximum atomic E-state index is 13.2. The molecular weight excluding hydrogens is 355 g/mol. The fraction of sp³-hybridized carbons (Fsp3) is 0.556. The van der Waals surface area contributed by atoms with E-state index in [4.69, 9.17) is 9.05 Å². The lowest BCUT2D eigenvalue weighted by atomic mass is 10.1. The third-order valence-corrected chi connectivity index (χ3v) is 6.12. The van der Waals surface area contributed by atoms with Crippen LogP contribution in [-0.2, 0) is 18.4 Å². The Morgan fingerprint density at radius 3 is 2.08 bits per heavy atom. The molecule has 0 radical (unpaired) electrons. The Morgan fingerprint density at radius 1 is 1.08 bits per heavy atom. The summed E-state index contributed by atoms with van der Waals surface area (Å²) in [4.78, 5) is 27.1. The molecule has 0 heterocycles. The molecule has 1 atom stereocenters. The second-order valence-corrected chi connectivity index (χ2v) is 7.69. The van der Waals surface area contributed by atoms with E-state index in [0.29, 0.717) is 18.7 Å². The number of amides is 2. The molecule has 1 aromatic carbocycles. The van der Waals surface area contributed by atoms with Gasteiger partial charge >= 0.3 is 7.60 Å². The van der Waals surface area contributed by atoms with E-state index in [1.54, 1.807) is 39.0 Å². The summed E-state index contributed by atoms with van der Waals surface area (Å²) in [6.45, 7) is 9.78. The smallest absolute Gasteiger partial charge is 0.341 e. The molecule has 0 saturated heterocycles. The highest BCUT2D eigenvalue weighted by Gasteiger charge is 2.44. The van der Waals surface area contributed by atoms with Crippen LogP contribution in [0.2, 0.25) is 0 Å². The number of benzene rings is 1. The molecule has 0 aliphatic carbocycles. The van der Waals surface area contributed by atoms with Gasteiger partial charge in [0.15, 0.2) is 0 Å². The van der Waals surface area contributed by atoms with E-state index in [1.165, 1.54) is 4.90 Å². The second kappa shape index (κ2) is 10.5. The van der Waals surface area contributed by atoms with E-state index in [2.05, 4.69) is 5.32 Å². The van der Waals surface area contributed by atoms with Crippen LogP contribution in [-0.4, -0.2) is 48.8 Å². The minimum Gasteiger partial charge on any atom is -0.341 e. The van der Waals surface area contributed by atoms with Crippen molar-refractivity contribution in [2.75, 3.05) is 26.3 Å². The first-order valence-corrected chi connectivity index (χ1v) is 10.5. The van der Waals surface area contributed by atoms with Crippen LogP contribution in [0.3, 0.4) is 0 Å². The first kappa shape index (κ1) is 22.4. The maximum Gasteiger partial charge on any atom is 0.362 e. The van der Waals surface area contributed by atoms with E-state index in [9.17, 15) is 14.2 Å². The Bertz CT molecular complexity index is 651. The lowest BCUT2D eigenvalue weighted by Crippen LogP contribution is -2.49. The highest BCUT2D eigenvalue weighted by atomic mass is 31.2. The van der Waals surface area contributed by atoms with Gasteiger partial charge in [-0.05, 0) is 46.2 Å². The molecule has 0 unspecified atom stereocenters. The van der Waals surface area contributed by atoms with Gasteiger partial charge in [-0.15, -0.1) is 0 Å². The van der Waals surface area contributed by atoms with Gasteiger partial charge in [-0.1, -0.05) is 18.2 Å². The predicted octanol–water partition coefficient (Wildman–Crippen LogP) is 3.19. The summed E-state index contributed by atoms with van der Waals surface area (Å²) < 4.78 is 23.9. The van der Waals surface area contributed by atoms with Gasteiger partial charge in [0, 0.05) is 18.7 Å². The number of rotatable bonds is 10. The monoisotopic (exact) mass is 384 g/mol. The zero-order valence-corrected chi connectivity index (χ0v) is 17.0. The fourth-order valence-electron chi connectivity index (χ4n) is 2.56. The average Bonchev–Trinajstić information content (AvgIpc) is 2.61. The van der Waals surface area contributed by atoms with Gasteiger partial charge in [0.1, 0.15) is 0 Å². The molecule has 0 saturated carbocycles. The quantitative estimate of drug-likeness (QED) is 0.626. The van der Waals surface area contributed by atoms with E-state index in [1.807, 2.05) is 19.9 Å². The highest BCUT2D eigenvalue weighted by Crippen LogP contribution is 2.52. The molecule has 0 aromatic heterocycles. The molecule has 8 heteroatoms. The molecule has 7 nitrogen and oxygen atoms in total. The van der Waals surface area contributed by atoms with Crippen molar-refractivity contribution in [3.63, 3.8) is 0 Å². The first-order chi connectivity index (χ1) is 12.3. The van der Waals surface area contributed by atoms with Crippen LogP contribution in [0.25, 0.3) is 0 Å². The van der Waals surface area contributed by atoms with Crippen molar-refractivity contribution < 1.29 is 23.2 Å². The van der Waals surface area contributed by atoms with Gasteiger partial charge in [-0.2, -0.15) is 0 Å². The van der Waals surface area contributed by atoms with Crippen LogP contribution >= 0.6 is 7.60 Å². The van der Waals surface area contributed by atoms with Crippen molar-refractivity contribution in [1.82, 2.24) is 10.2 Å². The largest absolute Gasteiger partial charge is 0.362 e. The SMILES string of the molecule is CCOP(=O)(OCC)[C@@H](NC(=O)c1ccccc1C)C(=O)N(CC)CC. The fourth-order valence-corrected chi connectivity index (χ4v) is 4.36. The number of nitrogens with zero attached hydrogens (tertiary/aromatic N) is 1. The van der Waals surface area contributed by atoms with Crippen LogP contribution in [0.15, 0.2) is 24.3 Å². The molecule has 0 aliphatic heterocycles. The Labute approximate surface area is 155 Å². The lowest BCUT2D eigenvalue weighted by Gasteiger charge is -2.30. The Kier molecular flexibility index (Phi) is 8.99. The number of nitrogens with one attached hydrogen (secondary N) is 1.